The number of rotatable bonds is 1. The minimum Gasteiger partial charge on any atom is -0.106 e. The lowest BCUT2D eigenvalue weighted by Gasteiger charge is -2.41. The largest absolute Gasteiger partial charge is 0.106 e. The van der Waals surface area contributed by atoms with Crippen molar-refractivity contribution < 1.29 is 0 Å². The van der Waals surface area contributed by atoms with E-state index in [0.717, 1.165) is 0 Å². The van der Waals surface area contributed by atoms with Crippen molar-refractivity contribution in [3.8, 4) is 0 Å². The van der Waals surface area contributed by atoms with E-state index in [1.54, 1.807) is 6.08 Å². The van der Waals surface area contributed by atoms with Crippen LogP contribution in [0.5, 0.6) is 0 Å². The molecular weight excluding hydrogens is 360 g/mol. The van der Waals surface area contributed by atoms with Gasteiger partial charge >= 0.3 is 0 Å². The van der Waals surface area contributed by atoms with Crippen molar-refractivity contribution in [1.82, 2.24) is 0 Å². The molecule has 0 saturated heterocycles. The molecule has 0 aromatic carbocycles. The summed E-state index contributed by atoms with van der Waals surface area (Å²) in [6, 6.07) is 0. The molecule has 0 amide bonds. The molecule has 0 fully saturated rings. The predicted molar refractivity (Wildman–Crippen MR) is 140 cm³/mol. The van der Waals surface area contributed by atoms with E-state index in [4.69, 9.17) is 0 Å². The molecule has 0 bridgehead atoms. The van der Waals surface area contributed by atoms with E-state index in [2.05, 4.69) is 110 Å². The Kier molecular flexibility index (Phi) is 14.3. The molecule has 2 unspecified atom stereocenters. The lowest BCUT2D eigenvalue weighted by atomic mass is 9.62. The number of hydrogen-bond acceptors (Lipinski definition) is 0. The quantitative estimate of drug-likeness (QED) is 0.381. The molecular formula is C30H44. The van der Waals surface area contributed by atoms with Crippen LogP contribution in [-0.2, 0) is 0 Å². The molecule has 0 heterocycles. The first-order chi connectivity index (χ1) is 14.5. The highest BCUT2D eigenvalue weighted by atomic mass is 14.4. The van der Waals surface area contributed by atoms with Crippen molar-refractivity contribution in [2.24, 2.45) is 11.8 Å². The van der Waals surface area contributed by atoms with Crippen LogP contribution < -0.4 is 0 Å². The molecule has 0 radical (unpaired) electrons. The van der Waals surface area contributed by atoms with Gasteiger partial charge in [-0.1, -0.05) is 102 Å². The summed E-state index contributed by atoms with van der Waals surface area (Å²) in [5.74, 6) is 1.10. The Hall–Kier alpha value is -2.34. The predicted octanol–water partition coefficient (Wildman–Crippen LogP) is 9.64. The first kappa shape index (κ1) is 27.7. The van der Waals surface area contributed by atoms with Crippen LogP contribution in [0.4, 0.5) is 0 Å². The maximum absolute atomic E-state index is 3.36. The van der Waals surface area contributed by atoms with Gasteiger partial charge in [0.15, 0.2) is 0 Å². The van der Waals surface area contributed by atoms with Crippen molar-refractivity contribution in [1.29, 1.82) is 0 Å². The Bertz CT molecular complexity index is 754. The normalized spacial score (nSPS) is 21.0. The number of unbranched alkanes of at least 4 members (excludes halogenated alkanes) is 1. The zero-order valence-electron chi connectivity index (χ0n) is 20.6. The second-order valence-corrected chi connectivity index (χ2v) is 7.68. The lowest BCUT2D eigenvalue weighted by Crippen LogP contribution is -2.30. The van der Waals surface area contributed by atoms with Crippen molar-refractivity contribution in [2.75, 3.05) is 0 Å². The van der Waals surface area contributed by atoms with Gasteiger partial charge in [0.1, 0.15) is 0 Å². The molecule has 0 heteroatoms. The van der Waals surface area contributed by atoms with Crippen LogP contribution in [0.1, 0.15) is 67.7 Å². The maximum atomic E-state index is 3.36. The van der Waals surface area contributed by atoms with E-state index in [9.17, 15) is 0 Å². The first-order valence-electron chi connectivity index (χ1n) is 11.4. The highest BCUT2D eigenvalue weighted by Gasteiger charge is 2.38. The average molecular weight is 405 g/mol. The van der Waals surface area contributed by atoms with Crippen LogP contribution in [-0.4, -0.2) is 0 Å². The van der Waals surface area contributed by atoms with Gasteiger partial charge in [-0.25, -0.2) is 0 Å². The van der Waals surface area contributed by atoms with Gasteiger partial charge in [-0.05, 0) is 54.2 Å². The number of allylic oxidation sites excluding steroid dienone is 15. The highest BCUT2D eigenvalue weighted by molar-refractivity contribution is 5.63. The van der Waals surface area contributed by atoms with Gasteiger partial charge in [0, 0.05) is 11.8 Å². The molecule has 0 aromatic heterocycles. The van der Waals surface area contributed by atoms with Crippen LogP contribution >= 0.6 is 0 Å². The fourth-order valence-corrected chi connectivity index (χ4v) is 3.60. The second kappa shape index (κ2) is 15.5. The van der Waals surface area contributed by atoms with Gasteiger partial charge in [0.2, 0.25) is 0 Å². The molecule has 30 heavy (non-hydrogen) atoms. The summed E-state index contributed by atoms with van der Waals surface area (Å²) >= 11 is 0. The molecule has 2 atom stereocenters. The molecule has 0 aliphatic heterocycles. The minimum absolute atomic E-state index is 0.551. The van der Waals surface area contributed by atoms with Gasteiger partial charge in [-0.2, -0.15) is 0 Å². The third kappa shape index (κ3) is 7.17. The van der Waals surface area contributed by atoms with Gasteiger partial charge in [0.05, 0.1) is 0 Å². The van der Waals surface area contributed by atoms with Crippen LogP contribution in [0.3, 0.4) is 0 Å². The van der Waals surface area contributed by atoms with E-state index >= 15 is 0 Å². The van der Waals surface area contributed by atoms with Crippen LogP contribution in [0, 0.1) is 11.8 Å². The monoisotopic (exact) mass is 404 g/mol. The van der Waals surface area contributed by atoms with Gasteiger partial charge in [-0.15, -0.1) is 19.7 Å². The summed E-state index contributed by atoms with van der Waals surface area (Å²) in [6.45, 7) is 24.3. The molecule has 4 aliphatic rings. The zero-order chi connectivity index (χ0) is 23.1. The molecule has 4 aliphatic carbocycles. The Labute approximate surface area is 187 Å². The SMILES string of the molecule is C=C.C=CC.CC1=CC=C2C=CC3=C(C)C=CC4=CC=C1C2C43.CCC.CCCC. The molecule has 0 N–H and O–H groups in total. The van der Waals surface area contributed by atoms with E-state index in [1.165, 1.54) is 52.7 Å². The second-order valence-electron chi connectivity index (χ2n) is 7.68. The molecule has 0 spiro atoms. The Morgan fingerprint density at radius 2 is 1.23 bits per heavy atom. The maximum Gasteiger partial charge on any atom is 0.0201 e. The third-order valence-electron chi connectivity index (χ3n) is 5.09. The fourth-order valence-electron chi connectivity index (χ4n) is 3.60. The summed E-state index contributed by atoms with van der Waals surface area (Å²) in [4.78, 5) is 0. The average Bonchev–Trinajstić information content (AvgIpc) is 2.77. The smallest absolute Gasteiger partial charge is 0.0201 e. The molecule has 4 rings (SSSR count). The van der Waals surface area contributed by atoms with E-state index < -0.39 is 0 Å². The summed E-state index contributed by atoms with van der Waals surface area (Å²) < 4.78 is 0. The van der Waals surface area contributed by atoms with Gasteiger partial charge < -0.3 is 0 Å². The van der Waals surface area contributed by atoms with Crippen molar-refractivity contribution in [3.05, 3.63) is 108 Å². The van der Waals surface area contributed by atoms with E-state index in [1.807, 2.05) is 6.92 Å². The lowest BCUT2D eigenvalue weighted by molar-refractivity contribution is 0.554. The zero-order valence-corrected chi connectivity index (χ0v) is 20.6. The summed E-state index contributed by atoms with van der Waals surface area (Å²) in [6.07, 6.45) is 24.0. The first-order valence-corrected chi connectivity index (χ1v) is 11.4. The highest BCUT2D eigenvalue weighted by Crippen LogP contribution is 2.50. The number of hydrogen-bond donors (Lipinski definition) is 0. The molecule has 0 aromatic rings. The van der Waals surface area contributed by atoms with Crippen LogP contribution in [0.25, 0.3) is 0 Å². The summed E-state index contributed by atoms with van der Waals surface area (Å²) in [5, 5.41) is 0. The minimum atomic E-state index is 0.551. The third-order valence-corrected chi connectivity index (χ3v) is 5.09. The summed E-state index contributed by atoms with van der Waals surface area (Å²) in [5.41, 5.74) is 8.78. The summed E-state index contributed by atoms with van der Waals surface area (Å²) in [7, 11) is 0. The standard InChI is InChI=1S/C18H16.C4H10.C3H8.C3H6.C2H4/c1-11-3-5-13-8-10-16-12(2)4-6-14-7-9-15(11)17(13)18(14)16;1-3-4-2;2*1-3-2;1-2/h3-10,17-18H,1-2H3;3-4H2,1-2H3;3H2,1-2H3;3H,1H2,2H3;1-2H2. The fraction of sp³-hybridized carbons (Fsp3) is 0.400. The molecule has 0 nitrogen and oxygen atoms in total. The van der Waals surface area contributed by atoms with Gasteiger partial charge in [-0.3, -0.25) is 0 Å². The van der Waals surface area contributed by atoms with Crippen molar-refractivity contribution >= 4 is 0 Å². The Morgan fingerprint density at radius 3 is 1.77 bits per heavy atom. The van der Waals surface area contributed by atoms with Crippen LogP contribution in [0.15, 0.2) is 108 Å². The van der Waals surface area contributed by atoms with Crippen molar-refractivity contribution in [2.45, 2.75) is 67.7 Å². The Morgan fingerprint density at radius 1 is 0.767 bits per heavy atom. The topological polar surface area (TPSA) is 0 Å². The van der Waals surface area contributed by atoms with E-state index in [-0.39, 0.29) is 0 Å². The van der Waals surface area contributed by atoms with Crippen molar-refractivity contribution in [3.63, 3.8) is 0 Å². The van der Waals surface area contributed by atoms with Gasteiger partial charge in [0.25, 0.3) is 0 Å². The van der Waals surface area contributed by atoms with E-state index in [0.29, 0.717) is 11.8 Å². The Balaban J connectivity index is 0.000000594. The van der Waals surface area contributed by atoms with Crippen LogP contribution in [0.2, 0.25) is 0 Å². The molecule has 0 saturated carbocycles. The molecule has 164 valence electrons.